The minimum atomic E-state index is 0.747. The Labute approximate surface area is 145 Å². The maximum absolute atomic E-state index is 5.94. The minimum Gasteiger partial charge on any atom is -0.492 e. The number of morpholine rings is 2. The van der Waals surface area contributed by atoms with Crippen LogP contribution in [0.3, 0.4) is 0 Å². The zero-order valence-corrected chi connectivity index (χ0v) is 14.6. The zero-order valence-electron chi connectivity index (χ0n) is 14.6. The van der Waals surface area contributed by atoms with Gasteiger partial charge in [-0.15, -0.1) is 0 Å². The molecule has 2 aliphatic heterocycles. The summed E-state index contributed by atoms with van der Waals surface area (Å²) in [6.45, 7) is 10.5. The van der Waals surface area contributed by atoms with Crippen LogP contribution in [-0.2, 0) is 15.9 Å². The number of hydrogen-bond acceptors (Lipinski definition) is 5. The molecule has 0 atom stereocenters. The van der Waals surface area contributed by atoms with E-state index < -0.39 is 0 Å². The van der Waals surface area contributed by atoms with Crippen molar-refractivity contribution >= 4 is 0 Å². The second kappa shape index (κ2) is 9.99. The highest BCUT2D eigenvalue weighted by Gasteiger charge is 2.11. The van der Waals surface area contributed by atoms with E-state index in [0.717, 1.165) is 84.5 Å². The lowest BCUT2D eigenvalue weighted by Gasteiger charge is -2.26. The molecule has 2 fully saturated rings. The molecular weight excluding hydrogens is 304 g/mol. The Kier molecular flexibility index (Phi) is 7.36. The second-order valence-corrected chi connectivity index (χ2v) is 6.51. The number of aryl methyl sites for hydroxylation is 1. The van der Waals surface area contributed by atoms with Gasteiger partial charge in [-0.3, -0.25) is 9.80 Å². The summed E-state index contributed by atoms with van der Waals surface area (Å²) in [5.41, 5.74) is 1.37. The Hall–Kier alpha value is -1.14. The first kappa shape index (κ1) is 17.7. The fourth-order valence-electron chi connectivity index (χ4n) is 3.24. The van der Waals surface area contributed by atoms with Gasteiger partial charge in [0.05, 0.1) is 26.4 Å². The summed E-state index contributed by atoms with van der Waals surface area (Å²) in [4.78, 5) is 4.89. The molecule has 0 bridgehead atoms. The Bertz CT molecular complexity index is 432. The third kappa shape index (κ3) is 6.06. The molecule has 5 heteroatoms. The van der Waals surface area contributed by atoms with Gasteiger partial charge in [-0.05, 0) is 37.1 Å². The van der Waals surface area contributed by atoms with Gasteiger partial charge in [0.25, 0.3) is 0 Å². The van der Waals surface area contributed by atoms with E-state index in [-0.39, 0.29) is 0 Å². The monoisotopic (exact) mass is 334 g/mol. The van der Waals surface area contributed by atoms with E-state index in [1.807, 2.05) is 0 Å². The molecule has 0 amide bonds. The molecule has 0 radical (unpaired) electrons. The van der Waals surface area contributed by atoms with E-state index in [1.54, 1.807) is 0 Å². The Balaban J connectivity index is 1.35. The first-order valence-electron chi connectivity index (χ1n) is 9.22. The molecule has 24 heavy (non-hydrogen) atoms. The molecule has 5 nitrogen and oxygen atoms in total. The van der Waals surface area contributed by atoms with Gasteiger partial charge in [0.1, 0.15) is 12.4 Å². The third-order valence-electron chi connectivity index (χ3n) is 4.72. The highest BCUT2D eigenvalue weighted by Crippen LogP contribution is 2.15. The maximum atomic E-state index is 5.94. The van der Waals surface area contributed by atoms with Gasteiger partial charge in [0.15, 0.2) is 0 Å². The number of rotatable bonds is 8. The molecule has 1 aromatic carbocycles. The van der Waals surface area contributed by atoms with Crippen molar-refractivity contribution in [2.45, 2.75) is 12.8 Å². The SMILES string of the molecule is c1cc(CCCN2CCOCC2)cc(OCCN2CCOCC2)c1. The quantitative estimate of drug-likeness (QED) is 0.722. The standard InChI is InChI=1S/C19H30N2O3/c1-3-18(4-2-6-20-7-12-22-13-8-20)17-19(5-1)24-16-11-21-9-14-23-15-10-21/h1,3,5,17H,2,4,6-16H2. The summed E-state index contributed by atoms with van der Waals surface area (Å²) in [6, 6.07) is 8.56. The fourth-order valence-corrected chi connectivity index (χ4v) is 3.24. The molecule has 2 heterocycles. The molecule has 0 N–H and O–H groups in total. The van der Waals surface area contributed by atoms with Crippen LogP contribution >= 0.6 is 0 Å². The Morgan fingerprint density at radius 2 is 1.54 bits per heavy atom. The topological polar surface area (TPSA) is 34.2 Å². The summed E-state index contributed by atoms with van der Waals surface area (Å²) in [6.07, 6.45) is 2.30. The van der Waals surface area contributed by atoms with Crippen LogP contribution in [-0.4, -0.2) is 82.1 Å². The van der Waals surface area contributed by atoms with Crippen LogP contribution in [0.25, 0.3) is 0 Å². The van der Waals surface area contributed by atoms with Gasteiger partial charge in [-0.25, -0.2) is 0 Å². The van der Waals surface area contributed by atoms with Gasteiger partial charge in [-0.2, -0.15) is 0 Å². The van der Waals surface area contributed by atoms with Crippen molar-refractivity contribution in [2.24, 2.45) is 0 Å². The van der Waals surface area contributed by atoms with Crippen molar-refractivity contribution in [1.82, 2.24) is 9.80 Å². The van der Waals surface area contributed by atoms with Crippen molar-refractivity contribution in [3.63, 3.8) is 0 Å². The van der Waals surface area contributed by atoms with Crippen molar-refractivity contribution < 1.29 is 14.2 Å². The average Bonchev–Trinajstić information content (AvgIpc) is 2.64. The van der Waals surface area contributed by atoms with E-state index in [0.29, 0.717) is 0 Å². The van der Waals surface area contributed by atoms with Crippen molar-refractivity contribution in [3.8, 4) is 5.75 Å². The van der Waals surface area contributed by atoms with Crippen LogP contribution in [0.2, 0.25) is 0 Å². The molecule has 0 unspecified atom stereocenters. The van der Waals surface area contributed by atoms with Crippen LogP contribution < -0.4 is 4.74 Å². The predicted octanol–water partition coefficient (Wildman–Crippen LogP) is 1.66. The highest BCUT2D eigenvalue weighted by molar-refractivity contribution is 5.28. The lowest BCUT2D eigenvalue weighted by Crippen LogP contribution is -2.38. The Morgan fingerprint density at radius 1 is 0.875 bits per heavy atom. The zero-order chi connectivity index (χ0) is 16.5. The van der Waals surface area contributed by atoms with Crippen LogP contribution in [0.1, 0.15) is 12.0 Å². The predicted molar refractivity (Wildman–Crippen MR) is 94.8 cm³/mol. The largest absolute Gasteiger partial charge is 0.492 e. The van der Waals surface area contributed by atoms with E-state index in [4.69, 9.17) is 14.2 Å². The maximum Gasteiger partial charge on any atom is 0.119 e. The van der Waals surface area contributed by atoms with Crippen molar-refractivity contribution in [3.05, 3.63) is 29.8 Å². The normalized spacial score (nSPS) is 20.2. The number of nitrogens with zero attached hydrogens (tertiary/aromatic N) is 2. The lowest BCUT2D eigenvalue weighted by atomic mass is 10.1. The molecule has 1 aromatic rings. The second-order valence-electron chi connectivity index (χ2n) is 6.51. The summed E-state index contributed by atoms with van der Waals surface area (Å²) < 4.78 is 16.7. The van der Waals surface area contributed by atoms with Gasteiger partial charge in [0, 0.05) is 32.7 Å². The van der Waals surface area contributed by atoms with Crippen LogP contribution in [0.5, 0.6) is 5.75 Å². The van der Waals surface area contributed by atoms with Gasteiger partial charge < -0.3 is 14.2 Å². The minimum absolute atomic E-state index is 0.747. The van der Waals surface area contributed by atoms with E-state index in [9.17, 15) is 0 Å². The molecule has 2 saturated heterocycles. The molecule has 3 rings (SSSR count). The van der Waals surface area contributed by atoms with E-state index in [1.165, 1.54) is 12.0 Å². The molecule has 0 aromatic heterocycles. The molecular formula is C19H30N2O3. The van der Waals surface area contributed by atoms with Gasteiger partial charge in [0.2, 0.25) is 0 Å². The molecule has 0 spiro atoms. The Morgan fingerprint density at radius 3 is 2.25 bits per heavy atom. The number of ether oxygens (including phenoxy) is 3. The average molecular weight is 334 g/mol. The molecule has 134 valence electrons. The van der Waals surface area contributed by atoms with Gasteiger partial charge >= 0.3 is 0 Å². The molecule has 0 saturated carbocycles. The first-order valence-corrected chi connectivity index (χ1v) is 9.22. The third-order valence-corrected chi connectivity index (χ3v) is 4.72. The summed E-state index contributed by atoms with van der Waals surface area (Å²) in [5.74, 6) is 0.993. The van der Waals surface area contributed by atoms with Crippen LogP contribution in [0.4, 0.5) is 0 Å². The van der Waals surface area contributed by atoms with E-state index >= 15 is 0 Å². The first-order chi connectivity index (χ1) is 11.9. The number of hydrogen-bond donors (Lipinski definition) is 0. The highest BCUT2D eigenvalue weighted by atomic mass is 16.5. The summed E-state index contributed by atoms with van der Waals surface area (Å²) >= 11 is 0. The summed E-state index contributed by atoms with van der Waals surface area (Å²) in [7, 11) is 0. The molecule has 0 aliphatic carbocycles. The van der Waals surface area contributed by atoms with Gasteiger partial charge in [-0.1, -0.05) is 12.1 Å². The van der Waals surface area contributed by atoms with E-state index in [2.05, 4.69) is 34.1 Å². The van der Waals surface area contributed by atoms with Crippen LogP contribution in [0.15, 0.2) is 24.3 Å². The molecule has 2 aliphatic rings. The summed E-state index contributed by atoms with van der Waals surface area (Å²) in [5, 5.41) is 0. The van der Waals surface area contributed by atoms with Crippen LogP contribution in [0, 0.1) is 0 Å². The van der Waals surface area contributed by atoms with Crippen molar-refractivity contribution in [1.29, 1.82) is 0 Å². The smallest absolute Gasteiger partial charge is 0.119 e. The number of benzene rings is 1. The lowest BCUT2D eigenvalue weighted by molar-refractivity contribution is 0.0322. The fraction of sp³-hybridized carbons (Fsp3) is 0.684. The van der Waals surface area contributed by atoms with Crippen molar-refractivity contribution in [2.75, 3.05) is 72.3 Å².